The summed E-state index contributed by atoms with van der Waals surface area (Å²) >= 11 is 0. The fraction of sp³-hybridized carbons (Fsp3) is 0.300. The lowest BCUT2D eigenvalue weighted by atomic mass is 10.1. The van der Waals surface area contributed by atoms with E-state index < -0.39 is 29.2 Å². The van der Waals surface area contributed by atoms with Gasteiger partial charge in [0.15, 0.2) is 5.78 Å². The Balaban J connectivity index is 2.27. The SMILES string of the molecule is CCc1cc(=O)oc2c1c(=O)n(CC(=O)c1ccccc1OC)c(=O)n2COC. The van der Waals surface area contributed by atoms with Crippen LogP contribution in [-0.2, 0) is 24.4 Å². The second-order valence-electron chi connectivity index (χ2n) is 6.27. The van der Waals surface area contributed by atoms with Gasteiger partial charge in [-0.05, 0) is 24.1 Å². The molecular formula is C20H20N2O7. The van der Waals surface area contributed by atoms with E-state index in [9.17, 15) is 19.2 Å². The number of nitrogens with zero attached hydrogens (tertiary/aromatic N) is 2. The number of aromatic nitrogens is 2. The normalized spacial score (nSPS) is 11.0. The molecule has 0 atom stereocenters. The van der Waals surface area contributed by atoms with Crippen LogP contribution in [-0.4, -0.2) is 29.1 Å². The van der Waals surface area contributed by atoms with Gasteiger partial charge in [0.2, 0.25) is 5.71 Å². The Bertz CT molecular complexity index is 1250. The summed E-state index contributed by atoms with van der Waals surface area (Å²) in [6.45, 7) is 1.01. The Labute approximate surface area is 164 Å². The summed E-state index contributed by atoms with van der Waals surface area (Å²) in [6, 6.07) is 7.74. The van der Waals surface area contributed by atoms with E-state index in [4.69, 9.17) is 13.9 Å². The fourth-order valence-corrected chi connectivity index (χ4v) is 3.17. The number of Topliss-reactive ketones (excluding diaryl/α,β-unsaturated/α-hetero) is 1. The highest BCUT2D eigenvalue weighted by Crippen LogP contribution is 2.18. The van der Waals surface area contributed by atoms with Crippen LogP contribution in [0.4, 0.5) is 0 Å². The van der Waals surface area contributed by atoms with E-state index in [1.165, 1.54) is 20.3 Å². The molecular weight excluding hydrogens is 380 g/mol. The minimum atomic E-state index is -0.816. The topological polar surface area (TPSA) is 110 Å². The Morgan fingerprint density at radius 3 is 2.48 bits per heavy atom. The molecule has 0 aliphatic carbocycles. The van der Waals surface area contributed by atoms with Crippen LogP contribution < -0.4 is 21.6 Å². The number of ketones is 1. The summed E-state index contributed by atoms with van der Waals surface area (Å²) in [5.74, 6) is -0.135. The molecule has 9 nitrogen and oxygen atoms in total. The van der Waals surface area contributed by atoms with Gasteiger partial charge in [-0.3, -0.25) is 14.2 Å². The van der Waals surface area contributed by atoms with Gasteiger partial charge in [-0.1, -0.05) is 19.1 Å². The number of aryl methyl sites for hydroxylation is 1. The zero-order chi connectivity index (χ0) is 21.1. The van der Waals surface area contributed by atoms with Crippen LogP contribution in [0.3, 0.4) is 0 Å². The Hall–Kier alpha value is -3.46. The van der Waals surface area contributed by atoms with Crippen LogP contribution in [0, 0.1) is 0 Å². The Morgan fingerprint density at radius 2 is 1.83 bits per heavy atom. The molecule has 0 bridgehead atoms. The second kappa shape index (κ2) is 8.27. The number of benzene rings is 1. The van der Waals surface area contributed by atoms with E-state index in [-0.39, 0.29) is 23.4 Å². The lowest BCUT2D eigenvalue weighted by Crippen LogP contribution is -2.42. The number of ether oxygens (including phenoxy) is 2. The van der Waals surface area contributed by atoms with Gasteiger partial charge in [-0.25, -0.2) is 14.2 Å². The highest BCUT2D eigenvalue weighted by Gasteiger charge is 2.21. The molecule has 29 heavy (non-hydrogen) atoms. The van der Waals surface area contributed by atoms with Gasteiger partial charge in [0.05, 0.1) is 19.2 Å². The van der Waals surface area contributed by atoms with Crippen LogP contribution in [0.1, 0.15) is 22.8 Å². The molecule has 2 aromatic heterocycles. The molecule has 0 amide bonds. The first-order valence-corrected chi connectivity index (χ1v) is 8.88. The molecule has 0 radical (unpaired) electrons. The second-order valence-corrected chi connectivity index (χ2v) is 6.27. The third-order valence-corrected chi connectivity index (χ3v) is 4.54. The van der Waals surface area contributed by atoms with Crippen LogP contribution in [0.2, 0.25) is 0 Å². The van der Waals surface area contributed by atoms with Crippen molar-refractivity contribution >= 4 is 16.9 Å². The van der Waals surface area contributed by atoms with E-state index in [1.807, 2.05) is 0 Å². The maximum atomic E-state index is 13.1. The molecule has 3 rings (SSSR count). The van der Waals surface area contributed by atoms with Crippen molar-refractivity contribution in [1.29, 1.82) is 0 Å². The molecule has 0 spiro atoms. The maximum Gasteiger partial charge on any atom is 0.337 e. The van der Waals surface area contributed by atoms with Crippen molar-refractivity contribution in [3.8, 4) is 5.75 Å². The standard InChI is InChI=1S/C20H20N2O7/c1-4-12-9-16(24)29-19-17(12)18(25)21(20(26)22(19)11-27-2)10-14(23)13-7-5-6-8-15(13)28-3/h5-9H,4,10-11H2,1-3H3. The van der Waals surface area contributed by atoms with Crippen molar-refractivity contribution in [3.63, 3.8) is 0 Å². The number of carbonyl (C=O) groups is 1. The Kier molecular flexibility index (Phi) is 5.79. The third-order valence-electron chi connectivity index (χ3n) is 4.54. The van der Waals surface area contributed by atoms with Gasteiger partial charge in [0.1, 0.15) is 17.9 Å². The summed E-state index contributed by atoms with van der Waals surface area (Å²) in [7, 11) is 2.78. The van der Waals surface area contributed by atoms with Crippen LogP contribution >= 0.6 is 0 Å². The average Bonchev–Trinajstić information content (AvgIpc) is 2.73. The summed E-state index contributed by atoms with van der Waals surface area (Å²) in [5, 5.41) is 0.0663. The lowest BCUT2D eigenvalue weighted by molar-refractivity contribution is 0.0960. The predicted octanol–water partition coefficient (Wildman–Crippen LogP) is 1.17. The molecule has 3 aromatic rings. The first-order valence-electron chi connectivity index (χ1n) is 8.88. The minimum Gasteiger partial charge on any atom is -0.496 e. The molecule has 2 heterocycles. The average molecular weight is 400 g/mol. The molecule has 0 aliphatic heterocycles. The van der Waals surface area contributed by atoms with Crippen molar-refractivity contribution in [2.45, 2.75) is 26.6 Å². The number of hydrogen-bond acceptors (Lipinski definition) is 7. The molecule has 9 heteroatoms. The van der Waals surface area contributed by atoms with E-state index in [1.54, 1.807) is 31.2 Å². The maximum absolute atomic E-state index is 13.1. The molecule has 0 unspecified atom stereocenters. The van der Waals surface area contributed by atoms with Gasteiger partial charge >= 0.3 is 11.3 Å². The quantitative estimate of drug-likeness (QED) is 0.548. The minimum absolute atomic E-state index is 0.0663. The van der Waals surface area contributed by atoms with Crippen LogP contribution in [0.25, 0.3) is 11.1 Å². The number of carbonyl (C=O) groups excluding carboxylic acids is 1. The number of fused-ring (bicyclic) bond motifs is 1. The van der Waals surface area contributed by atoms with E-state index in [2.05, 4.69) is 0 Å². The van der Waals surface area contributed by atoms with Crippen molar-refractivity contribution < 1.29 is 18.7 Å². The zero-order valence-electron chi connectivity index (χ0n) is 16.3. The van der Waals surface area contributed by atoms with Gasteiger partial charge in [0.25, 0.3) is 5.56 Å². The summed E-state index contributed by atoms with van der Waals surface area (Å²) in [4.78, 5) is 50.7. The zero-order valence-corrected chi connectivity index (χ0v) is 16.3. The highest BCUT2D eigenvalue weighted by atomic mass is 16.5. The van der Waals surface area contributed by atoms with Crippen LogP contribution in [0.5, 0.6) is 5.75 Å². The van der Waals surface area contributed by atoms with E-state index in [0.29, 0.717) is 17.7 Å². The van der Waals surface area contributed by atoms with Gasteiger partial charge in [0, 0.05) is 13.2 Å². The van der Waals surface area contributed by atoms with Crippen molar-refractivity contribution in [1.82, 2.24) is 9.13 Å². The van der Waals surface area contributed by atoms with E-state index >= 15 is 0 Å². The van der Waals surface area contributed by atoms with Gasteiger partial charge < -0.3 is 13.9 Å². The largest absolute Gasteiger partial charge is 0.496 e. The lowest BCUT2D eigenvalue weighted by Gasteiger charge is -2.14. The summed E-state index contributed by atoms with van der Waals surface area (Å²) in [6.07, 6.45) is 0.364. The number of rotatable bonds is 7. The van der Waals surface area contributed by atoms with Crippen molar-refractivity contribution in [2.75, 3.05) is 14.2 Å². The van der Waals surface area contributed by atoms with Crippen LogP contribution in [0.15, 0.2) is 49.1 Å². The van der Waals surface area contributed by atoms with Gasteiger partial charge in [-0.2, -0.15) is 0 Å². The van der Waals surface area contributed by atoms with Crippen molar-refractivity contribution in [2.24, 2.45) is 0 Å². The summed E-state index contributed by atoms with van der Waals surface area (Å²) < 4.78 is 17.2. The summed E-state index contributed by atoms with van der Waals surface area (Å²) in [5.41, 5.74) is -1.71. The Morgan fingerprint density at radius 1 is 1.10 bits per heavy atom. The number of hydrogen-bond donors (Lipinski definition) is 0. The number of methoxy groups -OCH3 is 2. The predicted molar refractivity (Wildman–Crippen MR) is 105 cm³/mol. The smallest absolute Gasteiger partial charge is 0.337 e. The van der Waals surface area contributed by atoms with E-state index in [0.717, 1.165) is 9.13 Å². The first-order chi connectivity index (χ1) is 13.9. The van der Waals surface area contributed by atoms with Gasteiger partial charge in [-0.15, -0.1) is 0 Å². The van der Waals surface area contributed by atoms with Crippen molar-refractivity contribution in [3.05, 3.63) is 72.7 Å². The molecule has 152 valence electrons. The highest BCUT2D eigenvalue weighted by molar-refractivity contribution is 5.98. The molecule has 0 aliphatic rings. The fourth-order valence-electron chi connectivity index (χ4n) is 3.17. The molecule has 0 saturated carbocycles. The first kappa shape index (κ1) is 20.3. The molecule has 0 saturated heterocycles. The number of para-hydroxylation sites is 1. The molecule has 0 fully saturated rings. The third kappa shape index (κ3) is 3.64. The molecule has 0 N–H and O–H groups in total. The molecule has 1 aromatic carbocycles. The monoisotopic (exact) mass is 400 g/mol.